The van der Waals surface area contributed by atoms with Crippen LogP contribution in [0.4, 0.5) is 0 Å². The van der Waals surface area contributed by atoms with Gasteiger partial charge in [-0.05, 0) is 57.8 Å². The number of hydrogen-bond acceptors (Lipinski definition) is 2. The lowest BCUT2D eigenvalue weighted by Crippen LogP contribution is -2.43. The van der Waals surface area contributed by atoms with E-state index in [9.17, 15) is 4.79 Å². The fraction of sp³-hybridized carbons (Fsp3) is 0.588. The van der Waals surface area contributed by atoms with Gasteiger partial charge < -0.3 is 10.2 Å². The fourth-order valence-corrected chi connectivity index (χ4v) is 3.51. The van der Waals surface area contributed by atoms with Gasteiger partial charge in [0.1, 0.15) is 0 Å². The topological polar surface area (TPSA) is 32.3 Å². The normalized spacial score (nSPS) is 20.3. The fourth-order valence-electron chi connectivity index (χ4n) is 3.14. The van der Waals surface area contributed by atoms with E-state index in [1.54, 1.807) is 0 Å². The molecule has 3 nitrogen and oxygen atoms in total. The lowest BCUT2D eigenvalue weighted by Gasteiger charge is -2.32. The minimum atomic E-state index is -0.448. The van der Waals surface area contributed by atoms with Gasteiger partial charge in [-0.15, -0.1) is 0 Å². The summed E-state index contributed by atoms with van der Waals surface area (Å²) in [7, 11) is 2.12. The molecule has 1 N–H and O–H groups in total. The van der Waals surface area contributed by atoms with Crippen LogP contribution in [0.3, 0.4) is 0 Å². The second kappa shape index (κ2) is 6.80. The Labute approximate surface area is 132 Å². The average Bonchev–Trinajstić information content (AvgIpc) is 2.38. The Morgan fingerprint density at radius 2 is 2.14 bits per heavy atom. The van der Waals surface area contributed by atoms with E-state index in [1.807, 2.05) is 38.1 Å². The van der Waals surface area contributed by atoms with E-state index in [2.05, 4.69) is 17.3 Å². The molecule has 0 bridgehead atoms. The van der Waals surface area contributed by atoms with Gasteiger partial charge in [0, 0.05) is 18.0 Å². The number of nitrogens with zero attached hydrogens (tertiary/aromatic N) is 1. The number of carbonyl (C=O) groups excluding carboxylic acids is 1. The standard InChI is InChI=1S/C17H25ClN2O/c1-17(2,14-8-4-5-9-15(14)18)19-16(21)11-13-7-6-10-20(3)12-13/h4-5,8-9,13H,6-7,10-12H2,1-3H3,(H,19,21)/t13-/m0/s1. The van der Waals surface area contributed by atoms with Crippen molar-refractivity contribution in [1.82, 2.24) is 10.2 Å². The number of rotatable bonds is 4. The Balaban J connectivity index is 1.96. The van der Waals surface area contributed by atoms with Crippen LogP contribution in [0, 0.1) is 5.92 Å². The van der Waals surface area contributed by atoms with Crippen LogP contribution in [0.1, 0.15) is 38.7 Å². The van der Waals surface area contributed by atoms with Gasteiger partial charge >= 0.3 is 0 Å². The molecule has 1 aromatic rings. The largest absolute Gasteiger partial charge is 0.347 e. The van der Waals surface area contributed by atoms with Crippen molar-refractivity contribution in [2.45, 2.75) is 38.6 Å². The van der Waals surface area contributed by atoms with Crippen LogP contribution < -0.4 is 5.32 Å². The number of benzene rings is 1. The van der Waals surface area contributed by atoms with Gasteiger partial charge in [-0.2, -0.15) is 0 Å². The van der Waals surface area contributed by atoms with Gasteiger partial charge in [-0.3, -0.25) is 4.79 Å². The first kappa shape index (κ1) is 16.3. The van der Waals surface area contributed by atoms with Crippen molar-refractivity contribution in [3.05, 3.63) is 34.9 Å². The third-order valence-corrected chi connectivity index (χ3v) is 4.52. The average molecular weight is 309 g/mol. The smallest absolute Gasteiger partial charge is 0.220 e. The molecule has 1 fully saturated rings. The summed E-state index contributed by atoms with van der Waals surface area (Å²) in [5.74, 6) is 0.575. The Kier molecular flexibility index (Phi) is 5.28. The Morgan fingerprint density at radius 1 is 1.43 bits per heavy atom. The van der Waals surface area contributed by atoms with E-state index in [4.69, 9.17) is 11.6 Å². The van der Waals surface area contributed by atoms with Crippen LogP contribution >= 0.6 is 11.6 Å². The molecule has 1 atom stereocenters. The van der Waals surface area contributed by atoms with Crippen LogP contribution in [-0.4, -0.2) is 30.9 Å². The molecule has 4 heteroatoms. The first-order chi connectivity index (χ1) is 9.88. The van der Waals surface area contributed by atoms with Crippen LogP contribution in [-0.2, 0) is 10.3 Å². The quantitative estimate of drug-likeness (QED) is 0.924. The summed E-state index contributed by atoms with van der Waals surface area (Å²) >= 11 is 6.25. The number of carbonyl (C=O) groups is 1. The van der Waals surface area contributed by atoms with Crippen molar-refractivity contribution in [3.63, 3.8) is 0 Å². The SMILES string of the molecule is CN1CCC[C@@H](CC(=O)NC(C)(C)c2ccccc2Cl)C1. The lowest BCUT2D eigenvalue weighted by molar-refractivity contribution is -0.124. The molecule has 0 saturated carbocycles. The first-order valence-corrected chi connectivity index (χ1v) is 8.01. The number of nitrogens with one attached hydrogen (secondary N) is 1. The van der Waals surface area contributed by atoms with Gasteiger partial charge in [0.05, 0.1) is 5.54 Å². The maximum Gasteiger partial charge on any atom is 0.220 e. The zero-order valence-corrected chi connectivity index (χ0v) is 13.9. The molecule has 1 saturated heterocycles. The van der Waals surface area contributed by atoms with Crippen molar-refractivity contribution in [2.24, 2.45) is 5.92 Å². The number of halogens is 1. The summed E-state index contributed by atoms with van der Waals surface area (Å²) in [6, 6.07) is 7.69. The van der Waals surface area contributed by atoms with Gasteiger partial charge in [0.15, 0.2) is 0 Å². The van der Waals surface area contributed by atoms with Gasteiger partial charge in [0.2, 0.25) is 5.91 Å². The minimum Gasteiger partial charge on any atom is -0.347 e. The molecule has 1 aliphatic heterocycles. The predicted molar refractivity (Wildman–Crippen MR) is 87.5 cm³/mol. The third kappa shape index (κ3) is 4.45. The van der Waals surface area contributed by atoms with Gasteiger partial charge in [-0.25, -0.2) is 0 Å². The van der Waals surface area contributed by atoms with Crippen molar-refractivity contribution < 1.29 is 4.79 Å². The first-order valence-electron chi connectivity index (χ1n) is 7.63. The van der Waals surface area contributed by atoms with Gasteiger partial charge in [0.25, 0.3) is 0 Å². The molecule has 1 heterocycles. The second-order valence-corrected chi connectivity index (χ2v) is 7.03. The molecule has 21 heavy (non-hydrogen) atoms. The summed E-state index contributed by atoms with van der Waals surface area (Å²) in [6.45, 7) is 6.15. The summed E-state index contributed by atoms with van der Waals surface area (Å²) < 4.78 is 0. The molecule has 0 aromatic heterocycles. The monoisotopic (exact) mass is 308 g/mol. The molecule has 0 unspecified atom stereocenters. The number of likely N-dealkylation sites (tertiary alicyclic amines) is 1. The molecule has 0 spiro atoms. The number of piperidine rings is 1. The van der Waals surface area contributed by atoms with Crippen LogP contribution in [0.15, 0.2) is 24.3 Å². The van der Waals surface area contributed by atoms with Crippen LogP contribution in [0.5, 0.6) is 0 Å². The van der Waals surface area contributed by atoms with E-state index < -0.39 is 5.54 Å². The number of hydrogen-bond donors (Lipinski definition) is 1. The molecule has 2 rings (SSSR count). The van der Waals surface area contributed by atoms with E-state index in [-0.39, 0.29) is 5.91 Å². The molecule has 1 aromatic carbocycles. The minimum absolute atomic E-state index is 0.111. The lowest BCUT2D eigenvalue weighted by atomic mass is 9.91. The summed E-state index contributed by atoms with van der Waals surface area (Å²) in [4.78, 5) is 14.7. The third-order valence-electron chi connectivity index (χ3n) is 4.20. The summed E-state index contributed by atoms with van der Waals surface area (Å²) in [6.07, 6.45) is 2.92. The van der Waals surface area contributed by atoms with Crippen LogP contribution in [0.25, 0.3) is 0 Å². The highest BCUT2D eigenvalue weighted by atomic mass is 35.5. The molecule has 1 aliphatic rings. The van der Waals surface area contributed by atoms with E-state index >= 15 is 0 Å². The predicted octanol–water partition coefficient (Wildman–Crippen LogP) is 3.42. The van der Waals surface area contributed by atoms with Gasteiger partial charge in [-0.1, -0.05) is 29.8 Å². The molecule has 0 aliphatic carbocycles. The highest BCUT2D eigenvalue weighted by molar-refractivity contribution is 6.31. The zero-order chi connectivity index (χ0) is 15.5. The number of amides is 1. The molecule has 0 radical (unpaired) electrons. The maximum atomic E-state index is 12.3. The highest BCUT2D eigenvalue weighted by Gasteiger charge is 2.27. The summed E-state index contributed by atoms with van der Waals surface area (Å²) in [5.41, 5.74) is 0.511. The molecular formula is C17H25ClN2O. The summed E-state index contributed by atoms with van der Waals surface area (Å²) in [5, 5.41) is 3.83. The van der Waals surface area contributed by atoms with Crippen molar-refractivity contribution in [2.75, 3.05) is 20.1 Å². The van der Waals surface area contributed by atoms with Crippen molar-refractivity contribution >= 4 is 17.5 Å². The Hall–Kier alpha value is -1.06. The molecule has 1 amide bonds. The molecule has 116 valence electrons. The van der Waals surface area contributed by atoms with E-state index in [0.717, 1.165) is 25.1 Å². The second-order valence-electron chi connectivity index (χ2n) is 6.63. The van der Waals surface area contributed by atoms with E-state index in [0.29, 0.717) is 17.4 Å². The van der Waals surface area contributed by atoms with Crippen molar-refractivity contribution in [3.8, 4) is 0 Å². The molecular weight excluding hydrogens is 284 g/mol. The van der Waals surface area contributed by atoms with Crippen LogP contribution in [0.2, 0.25) is 5.02 Å². The maximum absolute atomic E-state index is 12.3. The zero-order valence-electron chi connectivity index (χ0n) is 13.2. The Bertz CT molecular complexity index is 501. The Morgan fingerprint density at radius 3 is 2.81 bits per heavy atom. The van der Waals surface area contributed by atoms with E-state index in [1.165, 1.54) is 6.42 Å². The highest BCUT2D eigenvalue weighted by Crippen LogP contribution is 2.28. The van der Waals surface area contributed by atoms with Crippen molar-refractivity contribution in [1.29, 1.82) is 0 Å².